The van der Waals surface area contributed by atoms with E-state index in [1.807, 2.05) is 30.3 Å². The molecular formula is C24H19BrN2O3. The first-order valence-corrected chi connectivity index (χ1v) is 10.2. The molecule has 1 aromatic heterocycles. The van der Waals surface area contributed by atoms with Crippen molar-refractivity contribution in [2.45, 2.75) is 13.2 Å². The summed E-state index contributed by atoms with van der Waals surface area (Å²) in [6, 6.07) is 25.6. The minimum atomic E-state index is -0.974. The number of oxime groups is 1. The molecule has 0 fully saturated rings. The molecule has 0 aliphatic heterocycles. The highest BCUT2D eigenvalue weighted by atomic mass is 79.9. The Morgan fingerprint density at radius 2 is 1.77 bits per heavy atom. The number of benzene rings is 3. The maximum Gasteiger partial charge on any atom is 0.336 e. The monoisotopic (exact) mass is 462 g/mol. The summed E-state index contributed by atoms with van der Waals surface area (Å²) < 4.78 is 2.72. The Morgan fingerprint density at radius 1 is 1.00 bits per heavy atom. The van der Waals surface area contributed by atoms with Crippen LogP contribution in [0.3, 0.4) is 0 Å². The van der Waals surface area contributed by atoms with E-state index in [-0.39, 0.29) is 12.2 Å². The first kappa shape index (κ1) is 19.9. The van der Waals surface area contributed by atoms with Crippen molar-refractivity contribution in [3.05, 3.63) is 106 Å². The van der Waals surface area contributed by atoms with Gasteiger partial charge in [0, 0.05) is 21.9 Å². The second kappa shape index (κ2) is 8.97. The predicted octanol–water partition coefficient (Wildman–Crippen LogP) is 5.70. The van der Waals surface area contributed by atoms with Gasteiger partial charge >= 0.3 is 5.97 Å². The summed E-state index contributed by atoms with van der Waals surface area (Å²) in [5.74, 6) is -0.974. The van der Waals surface area contributed by atoms with Gasteiger partial charge in [0.25, 0.3) is 0 Å². The molecule has 4 aromatic rings. The summed E-state index contributed by atoms with van der Waals surface area (Å²) in [5.41, 5.74) is 4.33. The normalized spacial score (nSPS) is 11.2. The summed E-state index contributed by atoms with van der Waals surface area (Å²) in [5, 5.41) is 14.4. The van der Waals surface area contributed by atoms with Gasteiger partial charge in [-0.3, -0.25) is 0 Å². The van der Waals surface area contributed by atoms with Crippen molar-refractivity contribution in [1.82, 2.24) is 4.57 Å². The fourth-order valence-electron chi connectivity index (χ4n) is 3.31. The van der Waals surface area contributed by atoms with Gasteiger partial charge in [-0.1, -0.05) is 59.8 Å². The van der Waals surface area contributed by atoms with E-state index in [1.54, 1.807) is 24.4 Å². The predicted molar refractivity (Wildman–Crippen MR) is 121 cm³/mol. The molecule has 0 saturated heterocycles. The van der Waals surface area contributed by atoms with Crippen LogP contribution in [-0.4, -0.2) is 21.9 Å². The number of carboxylic acid groups (broad SMARTS) is 1. The molecule has 5 nitrogen and oxygen atoms in total. The molecule has 1 heterocycles. The number of fused-ring (bicyclic) bond motifs is 1. The molecule has 1 N–H and O–H groups in total. The van der Waals surface area contributed by atoms with Crippen molar-refractivity contribution < 1.29 is 14.7 Å². The van der Waals surface area contributed by atoms with Gasteiger partial charge in [-0.2, -0.15) is 0 Å². The molecule has 6 heteroatoms. The summed E-state index contributed by atoms with van der Waals surface area (Å²) in [6.07, 6.45) is 1.71. The van der Waals surface area contributed by atoms with E-state index in [9.17, 15) is 4.79 Å². The maximum atomic E-state index is 11.1. The smallest absolute Gasteiger partial charge is 0.336 e. The molecule has 0 bridgehead atoms. The first-order chi connectivity index (χ1) is 14.6. The topological polar surface area (TPSA) is 63.8 Å². The molecule has 0 aliphatic rings. The minimum absolute atomic E-state index is 0.215. The number of hydrogen-bond acceptors (Lipinski definition) is 3. The lowest BCUT2D eigenvalue weighted by atomic mass is 10.1. The van der Waals surface area contributed by atoms with Gasteiger partial charge in [-0.15, -0.1) is 0 Å². The molecule has 30 heavy (non-hydrogen) atoms. The van der Waals surface area contributed by atoms with Crippen molar-refractivity contribution in [1.29, 1.82) is 0 Å². The van der Waals surface area contributed by atoms with E-state index >= 15 is 0 Å². The molecule has 3 aromatic carbocycles. The van der Waals surface area contributed by atoms with E-state index in [4.69, 9.17) is 9.94 Å². The second-order valence-corrected chi connectivity index (χ2v) is 7.68. The SMILES string of the molecule is O=C(O)c1ccc(CO/N=C/c2cc3ccccc3n2Cc2ccccc2)cc1Br. The van der Waals surface area contributed by atoms with Crippen LogP contribution >= 0.6 is 15.9 Å². The van der Waals surface area contributed by atoms with Crippen molar-refractivity contribution >= 4 is 39.0 Å². The Kier molecular flexibility index (Phi) is 5.95. The molecule has 0 saturated carbocycles. The Labute approximate surface area is 182 Å². The van der Waals surface area contributed by atoms with Crippen molar-refractivity contribution in [2.24, 2.45) is 5.16 Å². The summed E-state index contributed by atoms with van der Waals surface area (Å²) in [4.78, 5) is 16.6. The zero-order valence-corrected chi connectivity index (χ0v) is 17.6. The van der Waals surface area contributed by atoms with Crippen molar-refractivity contribution in [2.75, 3.05) is 0 Å². The van der Waals surface area contributed by atoms with E-state index in [0.29, 0.717) is 4.47 Å². The number of nitrogens with zero attached hydrogens (tertiary/aromatic N) is 2. The largest absolute Gasteiger partial charge is 0.478 e. The van der Waals surface area contributed by atoms with Crippen LogP contribution in [-0.2, 0) is 18.0 Å². The van der Waals surface area contributed by atoms with Crippen LogP contribution in [0.5, 0.6) is 0 Å². The first-order valence-electron chi connectivity index (χ1n) is 9.41. The van der Waals surface area contributed by atoms with Gasteiger partial charge < -0.3 is 14.5 Å². The van der Waals surface area contributed by atoms with Crippen LogP contribution in [0.25, 0.3) is 10.9 Å². The standard InChI is InChI=1S/C24H19BrN2O3/c25-22-12-18(10-11-21(22)24(28)29)16-30-26-14-20-13-19-8-4-5-9-23(19)27(20)15-17-6-2-1-3-7-17/h1-14H,15-16H2,(H,28,29)/b26-14+. The number of hydrogen-bond donors (Lipinski definition) is 1. The lowest BCUT2D eigenvalue weighted by Crippen LogP contribution is -2.04. The fourth-order valence-corrected chi connectivity index (χ4v) is 3.90. The van der Waals surface area contributed by atoms with E-state index in [2.05, 4.69) is 56.0 Å². The zero-order valence-electron chi connectivity index (χ0n) is 16.0. The fraction of sp³-hybridized carbons (Fsp3) is 0.0833. The molecule has 0 atom stereocenters. The van der Waals surface area contributed by atoms with Crippen LogP contribution in [0.1, 0.15) is 27.2 Å². The second-order valence-electron chi connectivity index (χ2n) is 6.83. The highest BCUT2D eigenvalue weighted by molar-refractivity contribution is 9.10. The third-order valence-corrected chi connectivity index (χ3v) is 5.44. The number of rotatable bonds is 7. The average molecular weight is 463 g/mol. The quantitative estimate of drug-likeness (QED) is 0.283. The van der Waals surface area contributed by atoms with Crippen LogP contribution < -0.4 is 0 Å². The maximum absolute atomic E-state index is 11.1. The zero-order chi connectivity index (χ0) is 20.9. The molecule has 0 aliphatic carbocycles. The lowest BCUT2D eigenvalue weighted by molar-refractivity contribution is 0.0695. The number of carboxylic acids is 1. The molecule has 0 unspecified atom stereocenters. The van der Waals surface area contributed by atoms with Crippen LogP contribution in [0.15, 0.2) is 88.5 Å². The number of halogens is 1. The van der Waals surface area contributed by atoms with E-state index in [1.165, 1.54) is 5.56 Å². The average Bonchev–Trinajstić information content (AvgIpc) is 3.09. The van der Waals surface area contributed by atoms with Gasteiger partial charge in [0.2, 0.25) is 0 Å². The highest BCUT2D eigenvalue weighted by Crippen LogP contribution is 2.21. The van der Waals surface area contributed by atoms with E-state index < -0.39 is 5.97 Å². The Morgan fingerprint density at radius 3 is 2.53 bits per heavy atom. The van der Waals surface area contributed by atoms with Gasteiger partial charge in [-0.05, 0) is 51.3 Å². The van der Waals surface area contributed by atoms with Crippen LogP contribution in [0, 0.1) is 0 Å². The third-order valence-electron chi connectivity index (χ3n) is 4.78. The van der Waals surface area contributed by atoms with Crippen LogP contribution in [0.4, 0.5) is 0 Å². The van der Waals surface area contributed by atoms with Gasteiger partial charge in [0.05, 0.1) is 17.5 Å². The number of carbonyl (C=O) groups is 1. The van der Waals surface area contributed by atoms with Crippen molar-refractivity contribution in [3.8, 4) is 0 Å². The Bertz CT molecular complexity index is 1220. The third kappa shape index (κ3) is 4.44. The van der Waals surface area contributed by atoms with Gasteiger partial charge in [-0.25, -0.2) is 4.79 Å². The molecule has 4 rings (SSSR count). The summed E-state index contributed by atoms with van der Waals surface area (Å²) >= 11 is 3.28. The van der Waals surface area contributed by atoms with Crippen molar-refractivity contribution in [3.63, 3.8) is 0 Å². The Hall–Kier alpha value is -3.38. The molecular weight excluding hydrogens is 444 g/mol. The molecule has 150 valence electrons. The van der Waals surface area contributed by atoms with Gasteiger partial charge in [0.1, 0.15) is 6.61 Å². The summed E-state index contributed by atoms with van der Waals surface area (Å²) in [7, 11) is 0. The number of para-hydroxylation sites is 1. The highest BCUT2D eigenvalue weighted by Gasteiger charge is 2.09. The minimum Gasteiger partial charge on any atom is -0.478 e. The van der Waals surface area contributed by atoms with Crippen LogP contribution in [0.2, 0.25) is 0 Å². The lowest BCUT2D eigenvalue weighted by Gasteiger charge is -2.08. The number of aromatic carboxylic acids is 1. The van der Waals surface area contributed by atoms with E-state index in [0.717, 1.165) is 28.7 Å². The number of aromatic nitrogens is 1. The summed E-state index contributed by atoms with van der Waals surface area (Å²) in [6.45, 7) is 0.979. The molecule has 0 radical (unpaired) electrons. The molecule has 0 spiro atoms. The molecule has 0 amide bonds. The Balaban J connectivity index is 1.52. The van der Waals surface area contributed by atoms with Gasteiger partial charge in [0.15, 0.2) is 0 Å².